The number of rotatable bonds is 8. The van der Waals surface area contributed by atoms with Crippen LogP contribution < -0.4 is 0 Å². The van der Waals surface area contributed by atoms with E-state index in [0.29, 0.717) is 17.5 Å². The molecule has 9 rings (SSSR count). The minimum absolute atomic E-state index is 0.620. The molecule has 1 heterocycles. The molecule has 0 fully saturated rings. The van der Waals surface area contributed by atoms with Crippen LogP contribution >= 0.6 is 0 Å². The van der Waals surface area contributed by atoms with Crippen molar-refractivity contribution in [1.82, 2.24) is 15.0 Å². The van der Waals surface area contributed by atoms with Crippen molar-refractivity contribution in [2.24, 2.45) is 0 Å². The van der Waals surface area contributed by atoms with Crippen LogP contribution in [0.5, 0.6) is 0 Å². The SMILES string of the molecule is c1ccc(-c2ccc(-c3nc(-c4cccc(-c5cccc(-c6ccccc6)c5)c4)nc(-c4ccc(-c5ccccc5)cc4-c4ccccc4)n3)cc2)cc1. The van der Waals surface area contributed by atoms with E-state index in [1.54, 1.807) is 0 Å². The van der Waals surface area contributed by atoms with Crippen molar-refractivity contribution in [3.8, 4) is 89.8 Å². The molecule has 0 spiro atoms. The maximum Gasteiger partial charge on any atom is 0.164 e. The highest BCUT2D eigenvalue weighted by molar-refractivity contribution is 5.86. The fourth-order valence-electron chi connectivity index (χ4n) is 6.95. The Morgan fingerprint density at radius 2 is 0.519 bits per heavy atom. The van der Waals surface area contributed by atoms with Crippen LogP contribution in [0.25, 0.3) is 89.8 Å². The summed E-state index contributed by atoms with van der Waals surface area (Å²) in [6.07, 6.45) is 0. The smallest absolute Gasteiger partial charge is 0.164 e. The number of nitrogens with zero attached hydrogens (tertiary/aromatic N) is 3. The molecule has 8 aromatic carbocycles. The van der Waals surface area contributed by atoms with Crippen LogP contribution in [0, 0.1) is 0 Å². The summed E-state index contributed by atoms with van der Waals surface area (Å²) < 4.78 is 0. The summed E-state index contributed by atoms with van der Waals surface area (Å²) in [5.41, 5.74) is 14.1. The van der Waals surface area contributed by atoms with Gasteiger partial charge in [0.1, 0.15) is 0 Å². The van der Waals surface area contributed by atoms with Gasteiger partial charge in [0.05, 0.1) is 0 Å². The van der Waals surface area contributed by atoms with Crippen LogP contribution in [0.2, 0.25) is 0 Å². The molecule has 0 bridgehead atoms. The molecule has 0 aliphatic carbocycles. The Labute approximate surface area is 316 Å². The molecule has 3 heteroatoms. The van der Waals surface area contributed by atoms with Crippen molar-refractivity contribution in [2.45, 2.75) is 0 Å². The van der Waals surface area contributed by atoms with Gasteiger partial charge in [-0.05, 0) is 79.9 Å². The molecular weight excluding hydrogens is 655 g/mol. The van der Waals surface area contributed by atoms with Crippen molar-refractivity contribution in [3.63, 3.8) is 0 Å². The lowest BCUT2D eigenvalue weighted by Gasteiger charge is -2.14. The Bertz CT molecular complexity index is 2670. The fourth-order valence-corrected chi connectivity index (χ4v) is 6.95. The summed E-state index contributed by atoms with van der Waals surface area (Å²) in [7, 11) is 0. The van der Waals surface area contributed by atoms with Gasteiger partial charge in [-0.2, -0.15) is 0 Å². The summed E-state index contributed by atoms with van der Waals surface area (Å²) in [6.45, 7) is 0. The zero-order valence-corrected chi connectivity index (χ0v) is 29.5. The van der Waals surface area contributed by atoms with Crippen molar-refractivity contribution >= 4 is 0 Å². The van der Waals surface area contributed by atoms with E-state index in [0.717, 1.165) is 55.6 Å². The molecule has 0 saturated heterocycles. The molecule has 0 amide bonds. The third-order valence-electron chi connectivity index (χ3n) is 9.76. The topological polar surface area (TPSA) is 38.7 Å². The predicted molar refractivity (Wildman–Crippen MR) is 223 cm³/mol. The monoisotopic (exact) mass is 689 g/mol. The van der Waals surface area contributed by atoms with Crippen molar-refractivity contribution in [3.05, 3.63) is 212 Å². The first-order valence-electron chi connectivity index (χ1n) is 18.2. The first kappa shape index (κ1) is 32.7. The van der Waals surface area contributed by atoms with E-state index in [4.69, 9.17) is 15.0 Å². The lowest BCUT2D eigenvalue weighted by molar-refractivity contribution is 1.07. The summed E-state index contributed by atoms with van der Waals surface area (Å²) in [5.74, 6) is 1.86. The van der Waals surface area contributed by atoms with Gasteiger partial charge in [-0.1, -0.05) is 188 Å². The zero-order valence-electron chi connectivity index (χ0n) is 29.5. The van der Waals surface area contributed by atoms with Gasteiger partial charge in [-0.25, -0.2) is 15.0 Å². The molecule has 3 nitrogen and oxygen atoms in total. The van der Waals surface area contributed by atoms with Crippen LogP contribution in [-0.2, 0) is 0 Å². The molecule has 54 heavy (non-hydrogen) atoms. The van der Waals surface area contributed by atoms with Gasteiger partial charge in [0.15, 0.2) is 17.5 Å². The van der Waals surface area contributed by atoms with Crippen molar-refractivity contribution in [2.75, 3.05) is 0 Å². The Balaban J connectivity index is 1.19. The summed E-state index contributed by atoms with van der Waals surface area (Å²) >= 11 is 0. The Morgan fingerprint density at radius 1 is 0.185 bits per heavy atom. The molecule has 254 valence electrons. The van der Waals surface area contributed by atoms with E-state index in [2.05, 4.69) is 188 Å². The second-order valence-electron chi connectivity index (χ2n) is 13.3. The average molecular weight is 690 g/mol. The third kappa shape index (κ3) is 6.87. The third-order valence-corrected chi connectivity index (χ3v) is 9.76. The highest BCUT2D eigenvalue weighted by atomic mass is 15.0. The maximum absolute atomic E-state index is 5.23. The lowest BCUT2D eigenvalue weighted by Crippen LogP contribution is -2.01. The van der Waals surface area contributed by atoms with E-state index in [1.807, 2.05) is 24.3 Å². The van der Waals surface area contributed by atoms with Gasteiger partial charge >= 0.3 is 0 Å². The molecule has 0 aliphatic rings. The fraction of sp³-hybridized carbons (Fsp3) is 0. The Hall–Kier alpha value is -7.23. The number of benzene rings is 8. The average Bonchev–Trinajstić information content (AvgIpc) is 3.27. The predicted octanol–water partition coefficient (Wildman–Crippen LogP) is 13.2. The van der Waals surface area contributed by atoms with Crippen molar-refractivity contribution < 1.29 is 0 Å². The number of aromatic nitrogens is 3. The Morgan fingerprint density at radius 3 is 1.07 bits per heavy atom. The molecule has 1 aromatic heterocycles. The van der Waals surface area contributed by atoms with Crippen LogP contribution in [-0.4, -0.2) is 15.0 Å². The normalized spacial score (nSPS) is 11.0. The molecule has 0 aliphatic heterocycles. The maximum atomic E-state index is 5.23. The van der Waals surface area contributed by atoms with E-state index < -0.39 is 0 Å². The van der Waals surface area contributed by atoms with Crippen LogP contribution in [0.3, 0.4) is 0 Å². The van der Waals surface area contributed by atoms with Crippen LogP contribution in [0.1, 0.15) is 0 Å². The van der Waals surface area contributed by atoms with E-state index in [1.165, 1.54) is 16.7 Å². The number of hydrogen-bond donors (Lipinski definition) is 0. The molecular formula is C51H35N3. The van der Waals surface area contributed by atoms with Gasteiger partial charge in [0.2, 0.25) is 0 Å². The summed E-state index contributed by atoms with van der Waals surface area (Å²) in [6, 6.07) is 74.1. The Kier molecular flexibility index (Phi) is 8.94. The van der Waals surface area contributed by atoms with Gasteiger partial charge in [0.25, 0.3) is 0 Å². The molecule has 9 aromatic rings. The zero-order chi connectivity index (χ0) is 36.1. The summed E-state index contributed by atoms with van der Waals surface area (Å²) in [5, 5.41) is 0. The lowest BCUT2D eigenvalue weighted by atomic mass is 9.94. The minimum atomic E-state index is 0.620. The van der Waals surface area contributed by atoms with Gasteiger partial charge in [-0.3, -0.25) is 0 Å². The summed E-state index contributed by atoms with van der Waals surface area (Å²) in [4.78, 5) is 15.6. The first-order valence-corrected chi connectivity index (χ1v) is 18.2. The molecule has 0 unspecified atom stereocenters. The first-order chi connectivity index (χ1) is 26.7. The second kappa shape index (κ2) is 14.8. The van der Waals surface area contributed by atoms with Crippen LogP contribution in [0.4, 0.5) is 0 Å². The minimum Gasteiger partial charge on any atom is -0.208 e. The molecule has 0 atom stereocenters. The molecule has 0 saturated carbocycles. The number of hydrogen-bond acceptors (Lipinski definition) is 3. The van der Waals surface area contributed by atoms with Crippen LogP contribution in [0.15, 0.2) is 212 Å². The highest BCUT2D eigenvalue weighted by Gasteiger charge is 2.17. The second-order valence-corrected chi connectivity index (χ2v) is 13.3. The van der Waals surface area contributed by atoms with Gasteiger partial charge < -0.3 is 0 Å². The largest absolute Gasteiger partial charge is 0.208 e. The van der Waals surface area contributed by atoms with E-state index >= 15 is 0 Å². The molecule has 0 radical (unpaired) electrons. The van der Waals surface area contributed by atoms with Crippen molar-refractivity contribution in [1.29, 1.82) is 0 Å². The molecule has 0 N–H and O–H groups in total. The quantitative estimate of drug-likeness (QED) is 0.159. The highest BCUT2D eigenvalue weighted by Crippen LogP contribution is 2.37. The van der Waals surface area contributed by atoms with Gasteiger partial charge in [0, 0.05) is 16.7 Å². The van der Waals surface area contributed by atoms with E-state index in [-0.39, 0.29) is 0 Å². The van der Waals surface area contributed by atoms with E-state index in [9.17, 15) is 0 Å². The standard InChI is InChI=1S/C51H35N3/c1-5-15-36(16-6-1)39-27-29-41(30-28-39)49-52-50(46-26-14-25-44(34-46)43-24-13-23-42(33-43)37-17-7-2-8-18-37)54-51(53-49)47-32-31-45(38-19-9-3-10-20-38)35-48(47)40-21-11-4-12-22-40/h1-35H. The van der Waals surface area contributed by atoms with Gasteiger partial charge in [-0.15, -0.1) is 0 Å².